The van der Waals surface area contributed by atoms with Crippen molar-refractivity contribution in [3.8, 4) is 5.75 Å². The van der Waals surface area contributed by atoms with Crippen molar-refractivity contribution in [3.05, 3.63) is 57.6 Å². The number of rotatable bonds is 5. The van der Waals surface area contributed by atoms with Gasteiger partial charge >= 0.3 is 0 Å². The van der Waals surface area contributed by atoms with E-state index in [0.29, 0.717) is 27.6 Å². The van der Waals surface area contributed by atoms with E-state index in [1.807, 2.05) is 12.1 Å². The van der Waals surface area contributed by atoms with Gasteiger partial charge < -0.3 is 10.4 Å². The number of hydrogen-bond donors (Lipinski definition) is 2. The van der Waals surface area contributed by atoms with Crippen molar-refractivity contribution in [2.75, 3.05) is 5.32 Å². The van der Waals surface area contributed by atoms with Crippen molar-refractivity contribution in [1.82, 2.24) is 0 Å². The zero-order valence-electron chi connectivity index (χ0n) is 14.8. The number of benzene rings is 2. The fraction of sp³-hybridized carbons (Fsp3) is 0.381. The first kappa shape index (κ1) is 19.1. The third-order valence-corrected chi connectivity index (χ3v) is 5.92. The van der Waals surface area contributed by atoms with Crippen LogP contribution in [0.1, 0.15) is 60.9 Å². The van der Waals surface area contributed by atoms with Crippen LogP contribution in [-0.4, -0.2) is 11.0 Å². The Balaban J connectivity index is 1.80. The Kier molecular flexibility index (Phi) is 6.10. The lowest BCUT2D eigenvalue weighted by atomic mass is 9.82. The smallest absolute Gasteiger partial charge is 0.258 e. The predicted molar refractivity (Wildman–Crippen MR) is 108 cm³/mol. The average Bonchev–Trinajstić information content (AvgIpc) is 3.11. The molecule has 1 amide bonds. The number of anilines is 1. The summed E-state index contributed by atoms with van der Waals surface area (Å²) in [7, 11) is 0. The minimum absolute atomic E-state index is 0.229. The summed E-state index contributed by atoms with van der Waals surface area (Å²) in [6, 6.07) is 10.3. The second kappa shape index (κ2) is 8.32. The summed E-state index contributed by atoms with van der Waals surface area (Å²) in [5.41, 5.74) is 1.72. The molecular weight excluding hydrogens is 369 g/mol. The number of phenols is 1. The largest absolute Gasteiger partial charge is 0.508 e. The molecule has 0 heterocycles. The third-order valence-electron chi connectivity index (χ3n) is 5.29. The SMILES string of the molecule is CCC(c1ccc(NC(=O)c2c(Cl)cccc2Cl)cc1O)C1CCCC1. The Bertz CT molecular complexity index is 780. The van der Waals surface area contributed by atoms with Crippen molar-refractivity contribution < 1.29 is 9.90 Å². The normalized spacial score (nSPS) is 15.8. The zero-order valence-corrected chi connectivity index (χ0v) is 16.3. The van der Waals surface area contributed by atoms with E-state index >= 15 is 0 Å². The highest BCUT2D eigenvalue weighted by molar-refractivity contribution is 6.40. The number of phenolic OH excluding ortho intramolecular Hbond substituents is 1. The topological polar surface area (TPSA) is 49.3 Å². The van der Waals surface area contributed by atoms with Crippen molar-refractivity contribution >= 4 is 34.8 Å². The molecule has 2 aromatic carbocycles. The molecule has 0 radical (unpaired) electrons. The Labute approximate surface area is 164 Å². The predicted octanol–water partition coefficient (Wildman–Crippen LogP) is 6.64. The molecule has 0 aromatic heterocycles. The second-order valence-corrected chi connectivity index (χ2v) is 7.70. The molecule has 2 aromatic rings. The van der Waals surface area contributed by atoms with Gasteiger partial charge in [-0.1, -0.05) is 55.1 Å². The van der Waals surface area contributed by atoms with Crippen LogP contribution < -0.4 is 5.32 Å². The molecule has 2 N–H and O–H groups in total. The van der Waals surface area contributed by atoms with E-state index in [4.69, 9.17) is 23.2 Å². The summed E-state index contributed by atoms with van der Waals surface area (Å²) < 4.78 is 0. The molecule has 138 valence electrons. The highest BCUT2D eigenvalue weighted by atomic mass is 35.5. The number of amides is 1. The third kappa shape index (κ3) is 3.99. The molecule has 3 rings (SSSR count). The number of hydrogen-bond acceptors (Lipinski definition) is 2. The van der Waals surface area contributed by atoms with Gasteiger partial charge in [-0.3, -0.25) is 4.79 Å². The molecule has 0 aliphatic heterocycles. The lowest BCUT2D eigenvalue weighted by Gasteiger charge is -2.23. The molecule has 1 saturated carbocycles. The van der Waals surface area contributed by atoms with Gasteiger partial charge in [0.1, 0.15) is 5.75 Å². The highest BCUT2D eigenvalue weighted by Crippen LogP contribution is 2.42. The average molecular weight is 392 g/mol. The molecule has 1 aliphatic carbocycles. The van der Waals surface area contributed by atoms with Gasteiger partial charge in [-0.15, -0.1) is 0 Å². The van der Waals surface area contributed by atoms with E-state index in [1.54, 1.807) is 24.3 Å². The van der Waals surface area contributed by atoms with Gasteiger partial charge in [-0.05, 0) is 54.9 Å². The Morgan fingerprint density at radius 1 is 1.19 bits per heavy atom. The summed E-state index contributed by atoms with van der Waals surface area (Å²) >= 11 is 12.2. The quantitative estimate of drug-likeness (QED) is 0.600. The molecule has 0 spiro atoms. The van der Waals surface area contributed by atoms with Crippen LogP contribution in [0.5, 0.6) is 5.75 Å². The molecule has 1 atom stereocenters. The van der Waals surface area contributed by atoms with Crippen LogP contribution in [0.25, 0.3) is 0 Å². The first-order chi connectivity index (χ1) is 12.5. The molecule has 5 heteroatoms. The van der Waals surface area contributed by atoms with Crippen LogP contribution in [0.3, 0.4) is 0 Å². The Morgan fingerprint density at radius 2 is 1.85 bits per heavy atom. The molecule has 0 saturated heterocycles. The molecule has 3 nitrogen and oxygen atoms in total. The number of carbonyl (C=O) groups excluding carboxylic acids is 1. The van der Waals surface area contributed by atoms with Gasteiger partial charge in [-0.25, -0.2) is 0 Å². The number of carbonyl (C=O) groups is 1. The van der Waals surface area contributed by atoms with Gasteiger partial charge in [0.15, 0.2) is 0 Å². The lowest BCUT2D eigenvalue weighted by Crippen LogP contribution is -2.14. The van der Waals surface area contributed by atoms with Gasteiger partial charge in [0, 0.05) is 11.8 Å². The van der Waals surface area contributed by atoms with E-state index in [0.717, 1.165) is 12.0 Å². The number of halogens is 2. The zero-order chi connectivity index (χ0) is 18.7. The molecular formula is C21H23Cl2NO2. The van der Waals surface area contributed by atoms with Crippen LogP contribution in [0.4, 0.5) is 5.69 Å². The van der Waals surface area contributed by atoms with Crippen LogP contribution in [-0.2, 0) is 0 Å². The first-order valence-electron chi connectivity index (χ1n) is 9.09. The van der Waals surface area contributed by atoms with Crippen LogP contribution in [0, 0.1) is 5.92 Å². The maximum atomic E-state index is 12.5. The molecule has 0 bridgehead atoms. The van der Waals surface area contributed by atoms with Crippen molar-refractivity contribution in [2.24, 2.45) is 5.92 Å². The monoisotopic (exact) mass is 391 g/mol. The number of aromatic hydroxyl groups is 1. The van der Waals surface area contributed by atoms with E-state index in [-0.39, 0.29) is 11.3 Å². The maximum Gasteiger partial charge on any atom is 0.258 e. The summed E-state index contributed by atoms with van der Waals surface area (Å²) in [6.07, 6.45) is 5.99. The van der Waals surface area contributed by atoms with Crippen molar-refractivity contribution in [3.63, 3.8) is 0 Å². The van der Waals surface area contributed by atoms with Gasteiger partial charge in [0.25, 0.3) is 5.91 Å². The van der Waals surface area contributed by atoms with Crippen LogP contribution >= 0.6 is 23.2 Å². The summed E-state index contributed by atoms with van der Waals surface area (Å²) in [5, 5.41) is 13.9. The summed E-state index contributed by atoms with van der Waals surface area (Å²) in [6.45, 7) is 2.16. The first-order valence-corrected chi connectivity index (χ1v) is 9.85. The summed E-state index contributed by atoms with van der Waals surface area (Å²) in [5.74, 6) is 0.830. The standard InChI is InChI=1S/C21H23Cl2NO2/c1-2-15(13-6-3-4-7-13)16-11-10-14(12-19(16)25)24-21(26)20-17(22)8-5-9-18(20)23/h5,8-13,15,25H,2-4,6-7H2,1H3,(H,24,26). The maximum absolute atomic E-state index is 12.5. The summed E-state index contributed by atoms with van der Waals surface area (Å²) in [4.78, 5) is 12.5. The van der Waals surface area contributed by atoms with Gasteiger partial charge in [0.05, 0.1) is 15.6 Å². The van der Waals surface area contributed by atoms with Crippen LogP contribution in [0.15, 0.2) is 36.4 Å². The Morgan fingerprint density at radius 3 is 2.42 bits per heavy atom. The fourth-order valence-electron chi connectivity index (χ4n) is 4.01. The fourth-order valence-corrected chi connectivity index (χ4v) is 4.58. The van der Waals surface area contributed by atoms with Crippen LogP contribution in [0.2, 0.25) is 10.0 Å². The van der Waals surface area contributed by atoms with Crippen molar-refractivity contribution in [1.29, 1.82) is 0 Å². The molecule has 1 aliphatic rings. The minimum atomic E-state index is -0.393. The second-order valence-electron chi connectivity index (χ2n) is 6.88. The van der Waals surface area contributed by atoms with E-state index < -0.39 is 5.91 Å². The van der Waals surface area contributed by atoms with E-state index in [1.165, 1.54) is 25.7 Å². The minimum Gasteiger partial charge on any atom is -0.508 e. The molecule has 26 heavy (non-hydrogen) atoms. The molecule has 1 fully saturated rings. The highest BCUT2D eigenvalue weighted by Gasteiger charge is 2.27. The van der Waals surface area contributed by atoms with Crippen molar-refractivity contribution in [2.45, 2.75) is 44.9 Å². The van der Waals surface area contributed by atoms with Gasteiger partial charge in [-0.2, -0.15) is 0 Å². The Hall–Kier alpha value is -1.71. The lowest BCUT2D eigenvalue weighted by molar-refractivity contribution is 0.102. The number of nitrogens with one attached hydrogen (secondary N) is 1. The van der Waals surface area contributed by atoms with E-state index in [9.17, 15) is 9.90 Å². The molecule has 1 unspecified atom stereocenters. The van der Waals surface area contributed by atoms with E-state index in [2.05, 4.69) is 12.2 Å². The van der Waals surface area contributed by atoms with Gasteiger partial charge in [0.2, 0.25) is 0 Å².